The zero-order valence-corrected chi connectivity index (χ0v) is 12.9. The van der Waals surface area contributed by atoms with E-state index >= 15 is 0 Å². The van der Waals surface area contributed by atoms with Gasteiger partial charge in [-0.15, -0.1) is 11.6 Å². The first kappa shape index (κ1) is 15.1. The van der Waals surface area contributed by atoms with Gasteiger partial charge in [-0.1, -0.05) is 60.2 Å². The Hall–Kier alpha value is -1.32. The average Bonchev–Trinajstić information content (AvgIpc) is 2.39. The molecule has 0 fully saturated rings. The number of benzene rings is 2. The van der Waals surface area contributed by atoms with Crippen molar-refractivity contribution in [3.05, 3.63) is 71.3 Å². The van der Waals surface area contributed by atoms with E-state index in [9.17, 15) is 8.42 Å². The second-order valence-electron chi connectivity index (χ2n) is 4.92. The molecule has 0 radical (unpaired) electrons. The van der Waals surface area contributed by atoms with E-state index in [1.807, 2.05) is 61.5 Å². The molecule has 0 saturated heterocycles. The van der Waals surface area contributed by atoms with Gasteiger partial charge in [0.05, 0.1) is 16.9 Å². The molecule has 1 atom stereocenters. The van der Waals surface area contributed by atoms with Gasteiger partial charge in [0, 0.05) is 0 Å². The smallest absolute Gasteiger partial charge is 0.156 e. The number of halogens is 1. The second-order valence-corrected chi connectivity index (χ2v) is 7.55. The maximum atomic E-state index is 12.2. The van der Waals surface area contributed by atoms with Crippen LogP contribution in [-0.2, 0) is 15.6 Å². The van der Waals surface area contributed by atoms with E-state index in [2.05, 4.69) is 0 Å². The summed E-state index contributed by atoms with van der Waals surface area (Å²) in [5, 5.41) is -0.510. The van der Waals surface area contributed by atoms with E-state index in [0.29, 0.717) is 0 Å². The lowest BCUT2D eigenvalue weighted by atomic mass is 10.1. The molecule has 106 valence electrons. The van der Waals surface area contributed by atoms with Gasteiger partial charge in [-0.25, -0.2) is 8.42 Å². The van der Waals surface area contributed by atoms with Crippen LogP contribution in [0.5, 0.6) is 0 Å². The molecule has 2 rings (SSSR count). The zero-order chi connectivity index (χ0) is 14.6. The highest BCUT2D eigenvalue weighted by Crippen LogP contribution is 2.24. The fourth-order valence-corrected chi connectivity index (χ4v) is 4.16. The van der Waals surface area contributed by atoms with Gasteiger partial charge in [0.1, 0.15) is 0 Å². The number of hydrogen-bond acceptors (Lipinski definition) is 2. The molecule has 0 heterocycles. The Bertz CT molecular complexity index is 649. The minimum atomic E-state index is -3.22. The predicted molar refractivity (Wildman–Crippen MR) is 83.7 cm³/mol. The lowest BCUT2D eigenvalue weighted by Crippen LogP contribution is -2.13. The number of sulfone groups is 1. The first-order valence-corrected chi connectivity index (χ1v) is 8.67. The number of alkyl halides is 1. The average molecular weight is 309 g/mol. The van der Waals surface area contributed by atoms with Crippen LogP contribution in [0, 0.1) is 6.92 Å². The Kier molecular flexibility index (Phi) is 4.84. The van der Waals surface area contributed by atoms with Crippen molar-refractivity contribution in [2.45, 2.75) is 18.1 Å². The summed E-state index contributed by atoms with van der Waals surface area (Å²) in [6, 6.07) is 16.8. The van der Waals surface area contributed by atoms with Gasteiger partial charge >= 0.3 is 0 Å². The van der Waals surface area contributed by atoms with Crippen molar-refractivity contribution in [2.24, 2.45) is 0 Å². The van der Waals surface area contributed by atoms with Gasteiger partial charge in [0.15, 0.2) is 9.84 Å². The summed E-state index contributed by atoms with van der Waals surface area (Å²) in [7, 11) is -3.22. The van der Waals surface area contributed by atoms with Crippen molar-refractivity contribution in [3.63, 3.8) is 0 Å². The van der Waals surface area contributed by atoms with Gasteiger partial charge in [-0.2, -0.15) is 0 Å². The van der Waals surface area contributed by atoms with E-state index in [1.165, 1.54) is 0 Å². The predicted octanol–water partition coefficient (Wildman–Crippen LogP) is 3.89. The van der Waals surface area contributed by atoms with Crippen LogP contribution in [0.1, 0.15) is 22.1 Å². The minimum Gasteiger partial charge on any atom is -0.228 e. The van der Waals surface area contributed by atoms with Crippen LogP contribution in [0.25, 0.3) is 0 Å². The van der Waals surface area contributed by atoms with Gasteiger partial charge in [0.25, 0.3) is 0 Å². The van der Waals surface area contributed by atoms with Crippen LogP contribution in [0.3, 0.4) is 0 Å². The Morgan fingerprint density at radius 1 is 1.00 bits per heavy atom. The summed E-state index contributed by atoms with van der Waals surface area (Å²) in [5.41, 5.74) is 2.76. The highest BCUT2D eigenvalue weighted by atomic mass is 35.5. The summed E-state index contributed by atoms with van der Waals surface area (Å²) in [6.07, 6.45) is 0. The quantitative estimate of drug-likeness (QED) is 0.785. The van der Waals surface area contributed by atoms with Crippen molar-refractivity contribution in [3.8, 4) is 0 Å². The van der Waals surface area contributed by atoms with E-state index in [-0.39, 0.29) is 11.5 Å². The molecule has 0 spiro atoms. The molecule has 0 aliphatic rings. The molecule has 0 aliphatic carbocycles. The third kappa shape index (κ3) is 4.36. The van der Waals surface area contributed by atoms with Crippen molar-refractivity contribution in [1.29, 1.82) is 0 Å². The van der Waals surface area contributed by atoms with E-state index in [4.69, 9.17) is 11.6 Å². The maximum Gasteiger partial charge on any atom is 0.156 e. The molecule has 0 saturated carbocycles. The normalized spacial score (nSPS) is 13.1. The highest BCUT2D eigenvalue weighted by Gasteiger charge is 2.19. The Morgan fingerprint density at radius 3 is 2.20 bits per heavy atom. The number of aryl methyl sites for hydroxylation is 1. The fraction of sp³-hybridized carbons (Fsp3) is 0.250. The van der Waals surface area contributed by atoms with Gasteiger partial charge in [0.2, 0.25) is 0 Å². The lowest BCUT2D eigenvalue weighted by Gasteiger charge is -2.11. The fourth-order valence-electron chi connectivity index (χ4n) is 1.98. The molecular formula is C16H17ClO2S. The second kappa shape index (κ2) is 6.42. The molecule has 2 aromatic carbocycles. The maximum absolute atomic E-state index is 12.2. The van der Waals surface area contributed by atoms with Gasteiger partial charge in [-0.3, -0.25) is 0 Å². The number of hydrogen-bond donors (Lipinski definition) is 0. The molecule has 2 aromatic rings. The zero-order valence-electron chi connectivity index (χ0n) is 11.3. The van der Waals surface area contributed by atoms with E-state index < -0.39 is 15.2 Å². The molecule has 1 unspecified atom stereocenters. The molecule has 0 aliphatic heterocycles. The molecule has 20 heavy (non-hydrogen) atoms. The van der Waals surface area contributed by atoms with Crippen LogP contribution >= 0.6 is 11.6 Å². The van der Waals surface area contributed by atoms with Crippen LogP contribution in [-0.4, -0.2) is 14.2 Å². The van der Waals surface area contributed by atoms with Crippen molar-refractivity contribution in [2.75, 3.05) is 5.75 Å². The first-order chi connectivity index (χ1) is 9.46. The largest absolute Gasteiger partial charge is 0.228 e. The molecular weight excluding hydrogens is 292 g/mol. The molecule has 0 bridgehead atoms. The van der Waals surface area contributed by atoms with Gasteiger partial charge < -0.3 is 0 Å². The summed E-state index contributed by atoms with van der Waals surface area (Å²) in [6.45, 7) is 1.99. The molecule has 0 amide bonds. The molecule has 4 heteroatoms. The molecule has 0 aromatic heterocycles. The third-order valence-electron chi connectivity index (χ3n) is 3.07. The molecule has 2 nitrogen and oxygen atoms in total. The van der Waals surface area contributed by atoms with Crippen LogP contribution in [0.15, 0.2) is 54.6 Å². The summed E-state index contributed by atoms with van der Waals surface area (Å²) in [4.78, 5) is 0. The Balaban J connectivity index is 2.06. The monoisotopic (exact) mass is 308 g/mol. The first-order valence-electron chi connectivity index (χ1n) is 6.41. The van der Waals surface area contributed by atoms with Gasteiger partial charge in [-0.05, 0) is 18.1 Å². The minimum absolute atomic E-state index is 0.0307. The topological polar surface area (TPSA) is 34.1 Å². The van der Waals surface area contributed by atoms with Crippen LogP contribution in [0.4, 0.5) is 0 Å². The van der Waals surface area contributed by atoms with Crippen LogP contribution < -0.4 is 0 Å². The lowest BCUT2D eigenvalue weighted by molar-refractivity contribution is 0.594. The van der Waals surface area contributed by atoms with Crippen LogP contribution in [0.2, 0.25) is 0 Å². The van der Waals surface area contributed by atoms with E-state index in [1.54, 1.807) is 0 Å². The molecule has 0 N–H and O–H groups in total. The standard InChI is InChI=1S/C16H17ClO2S/c1-13-7-9-15(10-8-13)16(17)12-20(18,19)11-14-5-3-2-4-6-14/h2-10,16H,11-12H2,1H3. The van der Waals surface area contributed by atoms with Crippen molar-refractivity contribution < 1.29 is 8.42 Å². The Labute approximate surface area is 125 Å². The van der Waals surface area contributed by atoms with Crippen molar-refractivity contribution in [1.82, 2.24) is 0 Å². The summed E-state index contributed by atoms with van der Waals surface area (Å²) < 4.78 is 24.3. The van der Waals surface area contributed by atoms with Crippen molar-refractivity contribution >= 4 is 21.4 Å². The Morgan fingerprint density at radius 2 is 1.60 bits per heavy atom. The summed E-state index contributed by atoms with van der Waals surface area (Å²) in [5.74, 6) is -0.0184. The SMILES string of the molecule is Cc1ccc(C(Cl)CS(=O)(=O)Cc2ccccc2)cc1. The van der Waals surface area contributed by atoms with E-state index in [0.717, 1.165) is 16.7 Å². The summed E-state index contributed by atoms with van der Waals surface area (Å²) >= 11 is 6.23. The number of rotatable bonds is 5. The highest BCUT2D eigenvalue weighted by molar-refractivity contribution is 7.90. The third-order valence-corrected chi connectivity index (χ3v) is 5.27.